The molecule has 0 radical (unpaired) electrons. The number of piperidine rings is 1. The molecule has 4 rings (SSSR count). The van der Waals surface area contributed by atoms with Crippen LogP contribution >= 0.6 is 0 Å². The molecular weight excluding hydrogens is 316 g/mol. The first kappa shape index (κ1) is 15.9. The summed E-state index contributed by atoms with van der Waals surface area (Å²) < 4.78 is 6.05. The summed E-state index contributed by atoms with van der Waals surface area (Å²) in [7, 11) is 0. The second-order valence-electron chi connectivity index (χ2n) is 6.45. The lowest BCUT2D eigenvalue weighted by Gasteiger charge is -2.27. The van der Waals surface area contributed by atoms with Gasteiger partial charge in [-0.3, -0.25) is 4.79 Å². The maximum Gasteiger partial charge on any atom is 0.289 e. The van der Waals surface area contributed by atoms with Gasteiger partial charge in [0.05, 0.1) is 0 Å². The van der Waals surface area contributed by atoms with Gasteiger partial charge >= 0.3 is 0 Å². The molecule has 2 aromatic heterocycles. The Bertz CT molecular complexity index is 912. The molecule has 6 nitrogen and oxygen atoms in total. The van der Waals surface area contributed by atoms with E-state index in [-0.39, 0.29) is 11.7 Å². The SMILES string of the molecule is CCCNC(=O)c1nc(N2CCCCC2)c2oc3ccccc3c2n1. The number of fused-ring (bicyclic) bond motifs is 3. The zero-order valence-electron chi connectivity index (χ0n) is 14.4. The zero-order valence-corrected chi connectivity index (χ0v) is 14.4. The van der Waals surface area contributed by atoms with E-state index < -0.39 is 0 Å². The number of anilines is 1. The molecule has 0 bridgehead atoms. The molecule has 0 unspecified atom stereocenters. The molecule has 1 fully saturated rings. The van der Waals surface area contributed by atoms with Gasteiger partial charge in [-0.1, -0.05) is 19.1 Å². The van der Waals surface area contributed by atoms with Crippen LogP contribution in [0.25, 0.3) is 22.1 Å². The first-order valence-corrected chi connectivity index (χ1v) is 9.00. The molecule has 1 aliphatic rings. The van der Waals surface area contributed by atoms with E-state index in [0.29, 0.717) is 17.6 Å². The lowest BCUT2D eigenvalue weighted by Crippen LogP contribution is -2.32. The van der Waals surface area contributed by atoms with Crippen molar-refractivity contribution >= 4 is 33.8 Å². The molecule has 0 saturated carbocycles. The fourth-order valence-electron chi connectivity index (χ4n) is 3.32. The lowest BCUT2D eigenvalue weighted by atomic mass is 10.1. The number of nitrogens with one attached hydrogen (secondary N) is 1. The summed E-state index contributed by atoms with van der Waals surface area (Å²) >= 11 is 0. The highest BCUT2D eigenvalue weighted by Crippen LogP contribution is 2.33. The molecule has 0 atom stereocenters. The van der Waals surface area contributed by atoms with Crippen molar-refractivity contribution in [2.45, 2.75) is 32.6 Å². The van der Waals surface area contributed by atoms with E-state index >= 15 is 0 Å². The van der Waals surface area contributed by atoms with Gasteiger partial charge in [0.1, 0.15) is 11.1 Å². The normalized spacial score (nSPS) is 15.0. The van der Waals surface area contributed by atoms with E-state index in [1.165, 1.54) is 6.42 Å². The van der Waals surface area contributed by atoms with E-state index in [4.69, 9.17) is 4.42 Å². The summed E-state index contributed by atoms with van der Waals surface area (Å²) in [5.41, 5.74) is 2.17. The highest BCUT2D eigenvalue weighted by atomic mass is 16.3. The first-order valence-electron chi connectivity index (χ1n) is 9.00. The molecule has 1 aromatic carbocycles. The van der Waals surface area contributed by atoms with Crippen LogP contribution in [0.4, 0.5) is 5.82 Å². The summed E-state index contributed by atoms with van der Waals surface area (Å²) in [6.45, 7) is 4.50. The van der Waals surface area contributed by atoms with Crippen molar-refractivity contribution in [1.29, 1.82) is 0 Å². The van der Waals surface area contributed by atoms with Crippen LogP contribution in [0, 0.1) is 0 Å². The minimum absolute atomic E-state index is 0.216. The smallest absolute Gasteiger partial charge is 0.289 e. The summed E-state index contributed by atoms with van der Waals surface area (Å²) in [5.74, 6) is 0.725. The Hall–Kier alpha value is -2.63. The van der Waals surface area contributed by atoms with Crippen molar-refractivity contribution in [3.63, 3.8) is 0 Å². The predicted octanol–water partition coefficient (Wildman–Crippen LogP) is 3.51. The van der Waals surface area contributed by atoms with Gasteiger partial charge in [-0.15, -0.1) is 0 Å². The molecule has 0 spiro atoms. The van der Waals surface area contributed by atoms with Gasteiger partial charge in [-0.05, 0) is 37.8 Å². The maximum absolute atomic E-state index is 12.5. The average molecular weight is 338 g/mol. The fourth-order valence-corrected chi connectivity index (χ4v) is 3.32. The second kappa shape index (κ2) is 6.70. The summed E-state index contributed by atoms with van der Waals surface area (Å²) in [4.78, 5) is 23.8. The molecule has 130 valence electrons. The van der Waals surface area contributed by atoms with Crippen LogP contribution in [0.15, 0.2) is 28.7 Å². The third-order valence-corrected chi connectivity index (χ3v) is 4.60. The summed E-state index contributed by atoms with van der Waals surface area (Å²) in [6.07, 6.45) is 4.36. The van der Waals surface area contributed by atoms with Crippen molar-refractivity contribution in [3.05, 3.63) is 30.1 Å². The highest BCUT2D eigenvalue weighted by Gasteiger charge is 2.23. The van der Waals surface area contributed by atoms with Gasteiger partial charge in [0.15, 0.2) is 11.4 Å². The largest absolute Gasteiger partial charge is 0.450 e. The van der Waals surface area contributed by atoms with Crippen molar-refractivity contribution in [3.8, 4) is 0 Å². The Morgan fingerprint density at radius 3 is 2.80 bits per heavy atom. The average Bonchev–Trinajstić information content (AvgIpc) is 3.04. The van der Waals surface area contributed by atoms with Gasteiger partial charge in [0, 0.05) is 25.0 Å². The van der Waals surface area contributed by atoms with Crippen LogP contribution < -0.4 is 10.2 Å². The van der Waals surface area contributed by atoms with Crippen molar-refractivity contribution in [2.75, 3.05) is 24.5 Å². The molecular formula is C19H22N4O2. The Morgan fingerprint density at radius 1 is 1.20 bits per heavy atom. The molecule has 1 amide bonds. The number of furan rings is 1. The van der Waals surface area contributed by atoms with Crippen molar-refractivity contribution in [1.82, 2.24) is 15.3 Å². The maximum atomic E-state index is 12.5. The minimum atomic E-state index is -0.229. The van der Waals surface area contributed by atoms with E-state index in [2.05, 4.69) is 20.2 Å². The van der Waals surface area contributed by atoms with E-state index in [1.54, 1.807) is 0 Å². The number of hydrogen-bond acceptors (Lipinski definition) is 5. The zero-order chi connectivity index (χ0) is 17.2. The number of para-hydroxylation sites is 1. The van der Waals surface area contributed by atoms with Crippen LogP contribution in [0.1, 0.15) is 43.2 Å². The first-order chi connectivity index (χ1) is 12.3. The van der Waals surface area contributed by atoms with E-state index in [9.17, 15) is 4.79 Å². The van der Waals surface area contributed by atoms with Crippen LogP contribution in [0.2, 0.25) is 0 Å². The molecule has 3 heterocycles. The third-order valence-electron chi connectivity index (χ3n) is 4.60. The van der Waals surface area contributed by atoms with Gasteiger partial charge < -0.3 is 14.6 Å². The minimum Gasteiger partial charge on any atom is -0.450 e. The van der Waals surface area contributed by atoms with E-state index in [0.717, 1.165) is 49.1 Å². The van der Waals surface area contributed by atoms with Gasteiger partial charge in [0.2, 0.25) is 5.82 Å². The number of nitrogens with zero attached hydrogens (tertiary/aromatic N) is 3. The summed E-state index contributed by atoms with van der Waals surface area (Å²) in [6, 6.07) is 7.79. The van der Waals surface area contributed by atoms with Crippen LogP contribution in [0.5, 0.6) is 0 Å². The Kier molecular flexibility index (Phi) is 4.26. The summed E-state index contributed by atoms with van der Waals surface area (Å²) in [5, 5.41) is 3.79. The molecule has 25 heavy (non-hydrogen) atoms. The molecule has 1 aliphatic heterocycles. The van der Waals surface area contributed by atoms with Gasteiger partial charge in [-0.2, -0.15) is 0 Å². The fraction of sp³-hybridized carbons (Fsp3) is 0.421. The molecule has 1 N–H and O–H groups in total. The van der Waals surface area contributed by atoms with Crippen molar-refractivity contribution < 1.29 is 9.21 Å². The quantitative estimate of drug-likeness (QED) is 0.788. The van der Waals surface area contributed by atoms with Crippen molar-refractivity contribution in [2.24, 2.45) is 0 Å². The Balaban J connectivity index is 1.88. The Labute approximate surface area is 146 Å². The topological polar surface area (TPSA) is 71.3 Å². The number of carbonyl (C=O) groups is 1. The number of aromatic nitrogens is 2. The Morgan fingerprint density at radius 2 is 2.00 bits per heavy atom. The lowest BCUT2D eigenvalue weighted by molar-refractivity contribution is 0.0943. The predicted molar refractivity (Wildman–Crippen MR) is 98.0 cm³/mol. The third kappa shape index (κ3) is 2.92. The van der Waals surface area contributed by atoms with Crippen LogP contribution in [-0.2, 0) is 0 Å². The number of hydrogen-bond donors (Lipinski definition) is 1. The van der Waals surface area contributed by atoms with Crippen LogP contribution in [0.3, 0.4) is 0 Å². The number of amides is 1. The van der Waals surface area contributed by atoms with E-state index in [1.807, 2.05) is 31.2 Å². The number of benzene rings is 1. The highest BCUT2D eigenvalue weighted by molar-refractivity contribution is 6.07. The number of carbonyl (C=O) groups excluding carboxylic acids is 1. The second-order valence-corrected chi connectivity index (χ2v) is 6.45. The molecule has 0 aliphatic carbocycles. The standard InChI is InChI=1S/C19H22N4O2/c1-2-10-20-19(24)17-21-15-13-8-4-5-9-14(13)25-16(15)18(22-17)23-11-6-3-7-12-23/h4-5,8-9H,2-3,6-7,10-12H2,1H3,(H,20,24). The molecule has 1 saturated heterocycles. The van der Waals surface area contributed by atoms with Gasteiger partial charge in [0.25, 0.3) is 5.91 Å². The van der Waals surface area contributed by atoms with Crippen LogP contribution in [-0.4, -0.2) is 35.5 Å². The van der Waals surface area contributed by atoms with Gasteiger partial charge in [-0.25, -0.2) is 9.97 Å². The molecule has 3 aromatic rings. The molecule has 6 heteroatoms. The number of rotatable bonds is 4. The monoisotopic (exact) mass is 338 g/mol.